The molecule has 0 aromatic heterocycles. The van der Waals surface area contributed by atoms with Gasteiger partial charge in [0.1, 0.15) is 0 Å². The topological polar surface area (TPSA) is 58.7 Å². The standard InChI is InChI=1S/C15H24N2O2/c1-19-14-8-6-7-12(15(14)18)13(11-16)17-9-4-2-3-5-10-17/h6-8,13,18H,2-5,9-11,16H2,1H3. The SMILES string of the molecule is COc1cccc(C(CN)N2CCCCCC2)c1O. The van der Waals surface area contributed by atoms with Crippen LogP contribution in [0.5, 0.6) is 11.5 Å². The summed E-state index contributed by atoms with van der Waals surface area (Å²) in [5.41, 5.74) is 6.83. The van der Waals surface area contributed by atoms with E-state index in [9.17, 15) is 5.11 Å². The molecule has 1 aliphatic rings. The summed E-state index contributed by atoms with van der Waals surface area (Å²) in [6, 6.07) is 5.71. The van der Waals surface area contributed by atoms with Gasteiger partial charge in [-0.15, -0.1) is 0 Å². The van der Waals surface area contributed by atoms with E-state index in [0.29, 0.717) is 12.3 Å². The van der Waals surface area contributed by atoms with Crippen LogP contribution in [0.25, 0.3) is 0 Å². The summed E-state index contributed by atoms with van der Waals surface area (Å²) in [5.74, 6) is 0.746. The van der Waals surface area contributed by atoms with Crippen LogP contribution < -0.4 is 10.5 Å². The van der Waals surface area contributed by atoms with Crippen molar-refractivity contribution in [3.05, 3.63) is 23.8 Å². The first kappa shape index (κ1) is 14.2. The van der Waals surface area contributed by atoms with E-state index in [2.05, 4.69) is 4.90 Å². The van der Waals surface area contributed by atoms with Crippen LogP contribution in [0.4, 0.5) is 0 Å². The van der Waals surface area contributed by atoms with Crippen molar-refractivity contribution in [1.82, 2.24) is 4.90 Å². The van der Waals surface area contributed by atoms with Crippen LogP contribution in [0.1, 0.15) is 37.3 Å². The Hall–Kier alpha value is -1.26. The molecule has 0 spiro atoms. The number of para-hydroxylation sites is 1. The Labute approximate surface area is 115 Å². The van der Waals surface area contributed by atoms with Gasteiger partial charge in [0.15, 0.2) is 11.5 Å². The molecule has 1 saturated heterocycles. The summed E-state index contributed by atoms with van der Waals surface area (Å²) >= 11 is 0. The number of ether oxygens (including phenoxy) is 1. The van der Waals surface area contributed by atoms with Crippen molar-refractivity contribution in [2.75, 3.05) is 26.7 Å². The van der Waals surface area contributed by atoms with Crippen molar-refractivity contribution in [3.8, 4) is 11.5 Å². The van der Waals surface area contributed by atoms with Crippen LogP contribution in [-0.2, 0) is 0 Å². The number of hydrogen-bond donors (Lipinski definition) is 2. The van der Waals surface area contributed by atoms with Crippen molar-refractivity contribution < 1.29 is 9.84 Å². The molecule has 1 aromatic carbocycles. The van der Waals surface area contributed by atoms with Crippen molar-refractivity contribution in [2.24, 2.45) is 5.73 Å². The lowest BCUT2D eigenvalue weighted by Crippen LogP contribution is -2.34. The molecule has 106 valence electrons. The van der Waals surface area contributed by atoms with Crippen molar-refractivity contribution in [1.29, 1.82) is 0 Å². The summed E-state index contributed by atoms with van der Waals surface area (Å²) in [6.45, 7) is 2.62. The number of nitrogens with two attached hydrogens (primary N) is 1. The molecular formula is C15H24N2O2. The summed E-state index contributed by atoms with van der Waals surface area (Å²) in [4.78, 5) is 2.39. The molecule has 1 atom stereocenters. The van der Waals surface area contributed by atoms with Gasteiger partial charge in [0, 0.05) is 12.1 Å². The molecular weight excluding hydrogens is 240 g/mol. The molecule has 19 heavy (non-hydrogen) atoms. The summed E-state index contributed by atoms with van der Waals surface area (Å²) in [6.07, 6.45) is 5.00. The second kappa shape index (κ2) is 6.78. The second-order valence-electron chi connectivity index (χ2n) is 5.10. The van der Waals surface area contributed by atoms with E-state index in [1.54, 1.807) is 13.2 Å². The predicted molar refractivity (Wildman–Crippen MR) is 76.5 cm³/mol. The smallest absolute Gasteiger partial charge is 0.162 e. The Bertz CT molecular complexity index is 401. The number of phenolic OH excluding ortho intramolecular Hbond substituents is 1. The van der Waals surface area contributed by atoms with Gasteiger partial charge in [-0.05, 0) is 32.0 Å². The molecule has 1 heterocycles. The van der Waals surface area contributed by atoms with E-state index in [0.717, 1.165) is 18.7 Å². The van der Waals surface area contributed by atoms with Crippen LogP contribution in [-0.4, -0.2) is 36.8 Å². The molecule has 4 nitrogen and oxygen atoms in total. The minimum atomic E-state index is 0.0770. The molecule has 3 N–H and O–H groups in total. The fourth-order valence-electron chi connectivity index (χ4n) is 2.85. The fraction of sp³-hybridized carbons (Fsp3) is 0.600. The minimum Gasteiger partial charge on any atom is -0.504 e. The Balaban J connectivity index is 2.25. The van der Waals surface area contributed by atoms with E-state index in [4.69, 9.17) is 10.5 Å². The Morgan fingerprint density at radius 3 is 2.53 bits per heavy atom. The van der Waals surface area contributed by atoms with Crippen molar-refractivity contribution >= 4 is 0 Å². The van der Waals surface area contributed by atoms with Crippen LogP contribution in [0.15, 0.2) is 18.2 Å². The molecule has 0 bridgehead atoms. The maximum Gasteiger partial charge on any atom is 0.162 e. The highest BCUT2D eigenvalue weighted by atomic mass is 16.5. The lowest BCUT2D eigenvalue weighted by Gasteiger charge is -2.30. The molecule has 0 aliphatic carbocycles. The number of aromatic hydroxyl groups is 1. The van der Waals surface area contributed by atoms with Gasteiger partial charge < -0.3 is 15.6 Å². The van der Waals surface area contributed by atoms with Crippen molar-refractivity contribution in [2.45, 2.75) is 31.7 Å². The Kier molecular flexibility index (Phi) is 5.05. The quantitative estimate of drug-likeness (QED) is 0.876. The first-order valence-corrected chi connectivity index (χ1v) is 7.08. The third-order valence-electron chi connectivity index (χ3n) is 3.91. The van der Waals surface area contributed by atoms with Gasteiger partial charge >= 0.3 is 0 Å². The molecule has 2 rings (SSSR count). The monoisotopic (exact) mass is 264 g/mol. The van der Waals surface area contributed by atoms with Gasteiger partial charge in [0.2, 0.25) is 0 Å². The molecule has 0 saturated carbocycles. The average Bonchev–Trinajstić information content (AvgIpc) is 2.71. The third-order valence-corrected chi connectivity index (χ3v) is 3.91. The largest absolute Gasteiger partial charge is 0.504 e. The van der Waals surface area contributed by atoms with E-state index in [-0.39, 0.29) is 11.8 Å². The van der Waals surface area contributed by atoms with Crippen LogP contribution in [0.2, 0.25) is 0 Å². The first-order chi connectivity index (χ1) is 9.27. The summed E-state index contributed by atoms with van der Waals surface area (Å²) < 4.78 is 5.18. The molecule has 1 aliphatic heterocycles. The minimum absolute atomic E-state index is 0.0770. The zero-order valence-corrected chi connectivity index (χ0v) is 11.6. The van der Waals surface area contributed by atoms with E-state index >= 15 is 0 Å². The summed E-state index contributed by atoms with van der Waals surface area (Å²) in [5, 5.41) is 10.3. The molecule has 1 unspecified atom stereocenters. The lowest BCUT2D eigenvalue weighted by molar-refractivity contribution is 0.205. The first-order valence-electron chi connectivity index (χ1n) is 7.08. The predicted octanol–water partition coefficient (Wildman–Crippen LogP) is 2.28. The van der Waals surface area contributed by atoms with E-state index < -0.39 is 0 Å². The normalized spacial score (nSPS) is 18.8. The number of likely N-dealkylation sites (tertiary alicyclic amines) is 1. The lowest BCUT2D eigenvalue weighted by atomic mass is 10.0. The number of nitrogens with zero attached hydrogens (tertiary/aromatic N) is 1. The van der Waals surface area contributed by atoms with Crippen LogP contribution in [0.3, 0.4) is 0 Å². The number of rotatable bonds is 4. The van der Waals surface area contributed by atoms with Gasteiger partial charge in [-0.25, -0.2) is 0 Å². The highest BCUT2D eigenvalue weighted by Crippen LogP contribution is 2.36. The zero-order chi connectivity index (χ0) is 13.7. The molecule has 4 heteroatoms. The number of methoxy groups -OCH3 is 1. The summed E-state index contributed by atoms with van der Waals surface area (Å²) in [7, 11) is 1.57. The van der Waals surface area contributed by atoms with Gasteiger partial charge in [0.05, 0.1) is 13.2 Å². The molecule has 1 fully saturated rings. The third kappa shape index (κ3) is 3.19. The van der Waals surface area contributed by atoms with Gasteiger partial charge in [-0.1, -0.05) is 25.0 Å². The van der Waals surface area contributed by atoms with E-state index in [1.165, 1.54) is 25.7 Å². The Morgan fingerprint density at radius 2 is 1.95 bits per heavy atom. The second-order valence-corrected chi connectivity index (χ2v) is 5.10. The average molecular weight is 264 g/mol. The van der Waals surface area contributed by atoms with Gasteiger partial charge in [0.25, 0.3) is 0 Å². The Morgan fingerprint density at radius 1 is 1.26 bits per heavy atom. The molecule has 0 amide bonds. The van der Waals surface area contributed by atoms with Gasteiger partial charge in [-0.3, -0.25) is 4.90 Å². The maximum absolute atomic E-state index is 10.3. The van der Waals surface area contributed by atoms with Gasteiger partial charge in [-0.2, -0.15) is 0 Å². The number of benzene rings is 1. The van der Waals surface area contributed by atoms with Crippen LogP contribution in [0, 0.1) is 0 Å². The van der Waals surface area contributed by atoms with E-state index in [1.807, 2.05) is 12.1 Å². The highest BCUT2D eigenvalue weighted by molar-refractivity contribution is 5.47. The molecule has 0 radical (unpaired) electrons. The molecule has 1 aromatic rings. The number of phenols is 1. The van der Waals surface area contributed by atoms with Crippen LogP contribution >= 0.6 is 0 Å². The highest BCUT2D eigenvalue weighted by Gasteiger charge is 2.23. The maximum atomic E-state index is 10.3. The fourth-order valence-corrected chi connectivity index (χ4v) is 2.85. The zero-order valence-electron chi connectivity index (χ0n) is 11.6. The number of hydrogen-bond acceptors (Lipinski definition) is 4. The van der Waals surface area contributed by atoms with Crippen molar-refractivity contribution in [3.63, 3.8) is 0 Å².